The molecule has 0 saturated carbocycles. The summed E-state index contributed by atoms with van der Waals surface area (Å²) in [5, 5.41) is 9.97. The van der Waals surface area contributed by atoms with Crippen LogP contribution in [0, 0.1) is 0 Å². The Kier molecular flexibility index (Phi) is 5.09. The van der Waals surface area contributed by atoms with Crippen LogP contribution in [0.5, 0.6) is 5.75 Å². The van der Waals surface area contributed by atoms with Gasteiger partial charge >= 0.3 is 0 Å². The van der Waals surface area contributed by atoms with Crippen LogP contribution in [0.15, 0.2) is 48.7 Å². The third-order valence-electron chi connectivity index (χ3n) is 4.23. The summed E-state index contributed by atoms with van der Waals surface area (Å²) in [5.41, 5.74) is 3.51. The van der Waals surface area contributed by atoms with Gasteiger partial charge in [-0.05, 0) is 17.7 Å². The highest BCUT2D eigenvalue weighted by atomic mass is 16.5. The Morgan fingerprint density at radius 2 is 1.88 bits per heavy atom. The summed E-state index contributed by atoms with van der Waals surface area (Å²) in [4.78, 5) is 4.67. The van der Waals surface area contributed by atoms with Gasteiger partial charge in [0.1, 0.15) is 11.4 Å². The number of aliphatic hydroxyl groups is 1. The Hall–Kier alpha value is -2.33. The largest absolute Gasteiger partial charge is 0.492 e. The van der Waals surface area contributed by atoms with Crippen molar-refractivity contribution in [2.45, 2.75) is 39.2 Å². The highest BCUT2D eigenvalue weighted by Crippen LogP contribution is 2.31. The quantitative estimate of drug-likeness (QED) is 0.687. The minimum absolute atomic E-state index is 0.0212. The Morgan fingerprint density at radius 1 is 1.12 bits per heavy atom. The van der Waals surface area contributed by atoms with Crippen molar-refractivity contribution in [3.8, 4) is 5.75 Å². The fraction of sp³-hybridized carbons (Fsp3) is 0.381. The Labute approximate surface area is 149 Å². The Balaban J connectivity index is 2.00. The lowest BCUT2D eigenvalue weighted by Gasteiger charge is -2.22. The third-order valence-corrected chi connectivity index (χ3v) is 4.23. The van der Waals surface area contributed by atoms with Gasteiger partial charge in [-0.25, -0.2) is 4.98 Å². The molecule has 132 valence electrons. The summed E-state index contributed by atoms with van der Waals surface area (Å²) >= 11 is 0. The monoisotopic (exact) mass is 338 g/mol. The fourth-order valence-corrected chi connectivity index (χ4v) is 3.01. The molecule has 1 N–H and O–H groups in total. The molecule has 0 fully saturated rings. The smallest absolute Gasteiger partial charge is 0.140 e. The van der Waals surface area contributed by atoms with Gasteiger partial charge in [0.15, 0.2) is 0 Å². The minimum atomic E-state index is 0.0212. The van der Waals surface area contributed by atoms with Gasteiger partial charge in [0.2, 0.25) is 0 Å². The molecule has 0 aliphatic rings. The first-order valence-electron chi connectivity index (χ1n) is 8.76. The van der Waals surface area contributed by atoms with E-state index in [1.54, 1.807) is 6.20 Å². The van der Waals surface area contributed by atoms with Crippen molar-refractivity contribution >= 4 is 11.0 Å². The van der Waals surface area contributed by atoms with Crippen LogP contribution in [-0.4, -0.2) is 27.9 Å². The van der Waals surface area contributed by atoms with E-state index in [0.29, 0.717) is 13.0 Å². The molecule has 25 heavy (non-hydrogen) atoms. The van der Waals surface area contributed by atoms with Gasteiger partial charge in [0.25, 0.3) is 0 Å². The maximum Gasteiger partial charge on any atom is 0.140 e. The molecule has 0 aliphatic carbocycles. The number of aromatic nitrogens is 2. The zero-order valence-electron chi connectivity index (χ0n) is 15.2. The van der Waals surface area contributed by atoms with Gasteiger partial charge in [-0.1, -0.05) is 51.1 Å². The molecule has 0 unspecified atom stereocenters. The number of fused-ring (bicyclic) bond motifs is 1. The predicted octanol–water partition coefficient (Wildman–Crippen LogP) is 4.14. The zero-order chi connectivity index (χ0) is 17.9. The van der Waals surface area contributed by atoms with Gasteiger partial charge in [0.05, 0.1) is 12.8 Å². The number of pyridine rings is 1. The average Bonchev–Trinajstić information content (AvgIpc) is 2.94. The molecule has 0 spiro atoms. The normalized spacial score (nSPS) is 11.8. The van der Waals surface area contributed by atoms with Crippen LogP contribution in [0.4, 0.5) is 0 Å². The maximum absolute atomic E-state index is 8.89. The van der Waals surface area contributed by atoms with Crippen LogP contribution in [0.2, 0.25) is 0 Å². The topological polar surface area (TPSA) is 47.3 Å². The van der Waals surface area contributed by atoms with Crippen molar-refractivity contribution in [1.82, 2.24) is 9.55 Å². The van der Waals surface area contributed by atoms with E-state index in [0.717, 1.165) is 23.3 Å². The highest BCUT2D eigenvalue weighted by molar-refractivity contribution is 5.79. The van der Waals surface area contributed by atoms with Gasteiger partial charge in [-0.2, -0.15) is 0 Å². The molecular weight excluding hydrogens is 312 g/mol. The molecule has 0 atom stereocenters. The molecule has 0 saturated heterocycles. The van der Waals surface area contributed by atoms with E-state index in [9.17, 15) is 0 Å². The first kappa shape index (κ1) is 17.5. The van der Waals surface area contributed by atoms with E-state index >= 15 is 0 Å². The van der Waals surface area contributed by atoms with E-state index < -0.39 is 0 Å². The summed E-state index contributed by atoms with van der Waals surface area (Å²) in [7, 11) is 0. The van der Waals surface area contributed by atoms with Crippen molar-refractivity contribution in [1.29, 1.82) is 0 Å². The molecule has 4 nitrogen and oxygen atoms in total. The van der Waals surface area contributed by atoms with Crippen molar-refractivity contribution in [2.75, 3.05) is 13.2 Å². The number of nitrogens with zero attached hydrogens (tertiary/aromatic N) is 2. The predicted molar refractivity (Wildman–Crippen MR) is 101 cm³/mol. The zero-order valence-corrected chi connectivity index (χ0v) is 15.2. The molecule has 4 heteroatoms. The number of hydrogen-bond acceptors (Lipinski definition) is 3. The molecule has 0 radical (unpaired) electrons. The molecule has 2 heterocycles. The van der Waals surface area contributed by atoms with Crippen LogP contribution < -0.4 is 4.74 Å². The lowest BCUT2D eigenvalue weighted by Crippen LogP contribution is -2.18. The second-order valence-electron chi connectivity index (χ2n) is 7.36. The lowest BCUT2D eigenvalue weighted by atomic mass is 9.92. The Bertz CT molecular complexity index is 832. The van der Waals surface area contributed by atoms with E-state index in [1.807, 2.05) is 12.1 Å². The second kappa shape index (κ2) is 7.28. The van der Waals surface area contributed by atoms with Crippen molar-refractivity contribution in [3.05, 3.63) is 59.9 Å². The van der Waals surface area contributed by atoms with Crippen LogP contribution in [0.25, 0.3) is 11.0 Å². The summed E-state index contributed by atoms with van der Waals surface area (Å²) in [6, 6.07) is 14.7. The van der Waals surface area contributed by atoms with Crippen LogP contribution >= 0.6 is 0 Å². The number of ether oxygens (including phenoxy) is 1. The van der Waals surface area contributed by atoms with Crippen molar-refractivity contribution in [2.24, 2.45) is 0 Å². The molecule has 3 rings (SSSR count). The number of rotatable bonds is 6. The van der Waals surface area contributed by atoms with Crippen molar-refractivity contribution < 1.29 is 9.84 Å². The first-order valence-corrected chi connectivity index (χ1v) is 8.76. The lowest BCUT2D eigenvalue weighted by molar-refractivity contribution is 0.233. The van der Waals surface area contributed by atoms with Gasteiger partial charge < -0.3 is 14.4 Å². The molecule has 2 aromatic heterocycles. The van der Waals surface area contributed by atoms with Gasteiger partial charge in [-0.3, -0.25) is 0 Å². The van der Waals surface area contributed by atoms with Crippen LogP contribution in [0.1, 0.15) is 38.4 Å². The summed E-state index contributed by atoms with van der Waals surface area (Å²) in [6.45, 7) is 8.11. The van der Waals surface area contributed by atoms with Crippen LogP contribution in [-0.2, 0) is 12.0 Å². The average molecular weight is 338 g/mol. The summed E-state index contributed by atoms with van der Waals surface area (Å²) in [6.07, 6.45) is 2.40. The fourth-order valence-electron chi connectivity index (χ4n) is 3.01. The highest BCUT2D eigenvalue weighted by Gasteiger charge is 2.22. The Morgan fingerprint density at radius 3 is 2.56 bits per heavy atom. The maximum atomic E-state index is 8.89. The van der Waals surface area contributed by atoms with E-state index in [-0.39, 0.29) is 12.0 Å². The standard InChI is InChI=1S/C21H26N2O2/c1-21(2,3)19-13-17-12-18(25-11-7-10-24)14-22-20(17)23(19)15-16-8-5-4-6-9-16/h4-6,8-9,12-14,24H,7,10-11,15H2,1-3H3. The number of hydrogen-bond donors (Lipinski definition) is 1. The third kappa shape index (κ3) is 4.02. The molecule has 0 aliphatic heterocycles. The van der Waals surface area contributed by atoms with Gasteiger partial charge in [0, 0.05) is 36.1 Å². The van der Waals surface area contributed by atoms with Crippen molar-refractivity contribution in [3.63, 3.8) is 0 Å². The second-order valence-corrected chi connectivity index (χ2v) is 7.36. The molecular formula is C21H26N2O2. The molecule has 1 aromatic carbocycles. The SMILES string of the molecule is CC(C)(C)c1cc2cc(OCCCO)cnc2n1Cc1ccccc1. The summed E-state index contributed by atoms with van der Waals surface area (Å²) < 4.78 is 7.97. The van der Waals surface area contributed by atoms with Crippen LogP contribution in [0.3, 0.4) is 0 Å². The molecule has 0 bridgehead atoms. The molecule has 3 aromatic rings. The summed E-state index contributed by atoms with van der Waals surface area (Å²) in [5.74, 6) is 0.748. The van der Waals surface area contributed by atoms with E-state index in [2.05, 4.69) is 60.7 Å². The van der Waals surface area contributed by atoms with Gasteiger partial charge in [-0.15, -0.1) is 0 Å². The minimum Gasteiger partial charge on any atom is -0.492 e. The van der Waals surface area contributed by atoms with E-state index in [1.165, 1.54) is 11.3 Å². The van der Waals surface area contributed by atoms with E-state index in [4.69, 9.17) is 9.84 Å². The number of benzene rings is 1. The number of aliphatic hydroxyl groups excluding tert-OH is 1. The first-order chi connectivity index (χ1) is 12.0. The molecule has 0 amide bonds.